The highest BCUT2D eigenvalue weighted by Gasteiger charge is 2.02. The lowest BCUT2D eigenvalue weighted by atomic mass is 10.2. The summed E-state index contributed by atoms with van der Waals surface area (Å²) in [4.78, 5) is 36.4. The maximum absolute atomic E-state index is 10.2. The van der Waals surface area contributed by atoms with Gasteiger partial charge in [0.15, 0.2) is 0 Å². The number of aromatic amines is 2. The highest BCUT2D eigenvalue weighted by molar-refractivity contribution is 5.87. The summed E-state index contributed by atoms with van der Waals surface area (Å²) in [6.07, 6.45) is 8.05. The summed E-state index contributed by atoms with van der Waals surface area (Å²) in [5.74, 6) is -1.76. The molecule has 8 heteroatoms. The van der Waals surface area contributed by atoms with Crippen LogP contribution in [0.15, 0.2) is 109 Å². The second-order valence-corrected chi connectivity index (χ2v) is 9.25. The SMILES string of the molecule is C1=Cc2cc3ccc(cc4ccc(cc5nc(cc1n2)C=C5)[nH]4)[nH]3.O=C(O)c1ccccc1.O=C(O)c1ccccc1. The number of H-pyrrole nitrogens is 2. The number of carboxylic acid groups (broad SMARTS) is 2. The standard InChI is InChI=1S/C20H14N4.2C7H6O2/c1-2-14-10-16-5-6-18(23-16)12-20-8-7-19(24-20)11-17-4-3-15(22-17)9-13(1)21-14;2*8-7(9)6-4-2-1-3-5-6/h1-12,21-22H;2*1-5H,(H,8,9). The molecule has 0 fully saturated rings. The molecule has 206 valence electrons. The Kier molecular flexibility index (Phi) is 8.45. The summed E-state index contributed by atoms with van der Waals surface area (Å²) in [6, 6.07) is 33.0. The van der Waals surface area contributed by atoms with E-state index in [9.17, 15) is 9.59 Å². The summed E-state index contributed by atoms with van der Waals surface area (Å²) in [7, 11) is 0. The van der Waals surface area contributed by atoms with E-state index in [2.05, 4.69) is 50.3 Å². The van der Waals surface area contributed by atoms with Gasteiger partial charge in [0.2, 0.25) is 0 Å². The summed E-state index contributed by atoms with van der Waals surface area (Å²) in [6.45, 7) is 0. The van der Waals surface area contributed by atoms with Gasteiger partial charge in [0.1, 0.15) is 0 Å². The fourth-order valence-electron chi connectivity index (χ4n) is 4.11. The number of carbonyl (C=O) groups is 2. The number of carboxylic acids is 2. The Balaban J connectivity index is 0.000000161. The molecule has 3 aromatic heterocycles. The normalized spacial score (nSPS) is 11.0. The van der Waals surface area contributed by atoms with E-state index < -0.39 is 11.9 Å². The third-order valence-corrected chi connectivity index (χ3v) is 6.08. The van der Waals surface area contributed by atoms with Crippen molar-refractivity contribution in [3.8, 4) is 0 Å². The molecule has 0 saturated carbocycles. The van der Waals surface area contributed by atoms with Gasteiger partial charge in [-0.3, -0.25) is 0 Å². The number of hydrogen-bond donors (Lipinski definition) is 4. The molecule has 7 rings (SSSR count). The monoisotopic (exact) mass is 554 g/mol. The Morgan fingerprint density at radius 1 is 0.452 bits per heavy atom. The predicted octanol–water partition coefficient (Wildman–Crippen LogP) is 7.43. The zero-order valence-electron chi connectivity index (χ0n) is 22.3. The Labute approximate surface area is 241 Å². The maximum atomic E-state index is 10.2. The van der Waals surface area contributed by atoms with Gasteiger partial charge >= 0.3 is 11.9 Å². The molecule has 2 aliphatic heterocycles. The van der Waals surface area contributed by atoms with E-state index in [0.29, 0.717) is 11.1 Å². The fraction of sp³-hybridized carbons (Fsp3) is 0. The van der Waals surface area contributed by atoms with Crippen molar-refractivity contribution in [2.75, 3.05) is 0 Å². The number of benzene rings is 2. The molecule has 4 N–H and O–H groups in total. The molecule has 2 aromatic carbocycles. The average molecular weight is 555 g/mol. The first-order valence-electron chi connectivity index (χ1n) is 13.0. The van der Waals surface area contributed by atoms with Crippen LogP contribution >= 0.6 is 0 Å². The van der Waals surface area contributed by atoms with E-state index in [0.717, 1.165) is 44.8 Å². The molecule has 5 aromatic rings. The lowest BCUT2D eigenvalue weighted by Crippen LogP contribution is -1.93. The molecule has 0 spiro atoms. The van der Waals surface area contributed by atoms with Crippen molar-refractivity contribution in [1.82, 2.24) is 19.9 Å². The molecule has 0 atom stereocenters. The molecule has 0 unspecified atom stereocenters. The minimum absolute atomic E-state index is 0.331. The summed E-state index contributed by atoms with van der Waals surface area (Å²) in [5.41, 5.74) is 8.52. The van der Waals surface area contributed by atoms with Gasteiger partial charge in [-0.2, -0.15) is 0 Å². The smallest absolute Gasteiger partial charge is 0.335 e. The van der Waals surface area contributed by atoms with Crippen LogP contribution in [0.2, 0.25) is 0 Å². The minimum Gasteiger partial charge on any atom is -0.478 e. The largest absolute Gasteiger partial charge is 0.478 e. The van der Waals surface area contributed by atoms with Crippen molar-refractivity contribution in [3.05, 3.63) is 143 Å². The first-order valence-corrected chi connectivity index (χ1v) is 13.0. The molecule has 0 radical (unpaired) electrons. The first-order chi connectivity index (χ1) is 20.4. The highest BCUT2D eigenvalue weighted by Crippen LogP contribution is 2.17. The lowest BCUT2D eigenvalue weighted by Gasteiger charge is -1.88. The number of rotatable bonds is 2. The Bertz CT molecular complexity index is 1800. The van der Waals surface area contributed by atoms with Crippen LogP contribution in [0.1, 0.15) is 43.5 Å². The van der Waals surface area contributed by atoms with E-state index in [1.807, 2.05) is 42.5 Å². The van der Waals surface area contributed by atoms with Crippen LogP contribution in [-0.4, -0.2) is 42.1 Å². The second kappa shape index (κ2) is 12.9. The number of aromatic nitrogens is 4. The third-order valence-electron chi connectivity index (χ3n) is 6.08. The van der Waals surface area contributed by atoms with Crippen LogP contribution < -0.4 is 0 Å². The van der Waals surface area contributed by atoms with Crippen LogP contribution in [0, 0.1) is 0 Å². The minimum atomic E-state index is -0.879. The Morgan fingerprint density at radius 3 is 1.12 bits per heavy atom. The predicted molar refractivity (Wildman–Crippen MR) is 166 cm³/mol. The van der Waals surface area contributed by atoms with Gasteiger partial charge in [-0.1, -0.05) is 36.4 Å². The van der Waals surface area contributed by atoms with Crippen molar-refractivity contribution in [3.63, 3.8) is 0 Å². The molecule has 5 heterocycles. The van der Waals surface area contributed by atoms with Crippen LogP contribution in [0.25, 0.3) is 46.4 Å². The van der Waals surface area contributed by atoms with E-state index in [-0.39, 0.29) is 0 Å². The van der Waals surface area contributed by atoms with Gasteiger partial charge in [-0.25, -0.2) is 19.6 Å². The van der Waals surface area contributed by atoms with Crippen molar-refractivity contribution < 1.29 is 19.8 Å². The number of nitrogens with zero attached hydrogens (tertiary/aromatic N) is 2. The molecule has 0 saturated heterocycles. The van der Waals surface area contributed by atoms with Gasteiger partial charge < -0.3 is 20.2 Å². The Hall–Kier alpha value is -6.02. The topological polar surface area (TPSA) is 132 Å². The van der Waals surface area contributed by atoms with Gasteiger partial charge in [0.05, 0.1) is 33.9 Å². The van der Waals surface area contributed by atoms with Crippen molar-refractivity contribution in [1.29, 1.82) is 0 Å². The van der Waals surface area contributed by atoms with Crippen LogP contribution in [0.4, 0.5) is 0 Å². The highest BCUT2D eigenvalue weighted by atomic mass is 16.4. The zero-order chi connectivity index (χ0) is 29.3. The zero-order valence-corrected chi connectivity index (χ0v) is 22.3. The van der Waals surface area contributed by atoms with Crippen molar-refractivity contribution >= 4 is 58.3 Å². The van der Waals surface area contributed by atoms with Gasteiger partial charge in [-0.05, 0) is 97.1 Å². The second-order valence-electron chi connectivity index (χ2n) is 9.25. The molecule has 0 amide bonds. The maximum Gasteiger partial charge on any atom is 0.335 e. The molecule has 0 aliphatic carbocycles. The van der Waals surface area contributed by atoms with E-state index in [1.165, 1.54) is 0 Å². The molecule has 42 heavy (non-hydrogen) atoms. The van der Waals surface area contributed by atoms with Crippen LogP contribution in [-0.2, 0) is 0 Å². The number of fused-ring (bicyclic) bond motifs is 8. The molecular formula is C34H26N4O4. The number of hydrogen-bond acceptors (Lipinski definition) is 4. The van der Waals surface area contributed by atoms with Gasteiger partial charge in [-0.15, -0.1) is 0 Å². The quantitative estimate of drug-likeness (QED) is 0.176. The molecule has 8 bridgehead atoms. The summed E-state index contributed by atoms with van der Waals surface area (Å²) < 4.78 is 0. The summed E-state index contributed by atoms with van der Waals surface area (Å²) in [5, 5.41) is 16.8. The van der Waals surface area contributed by atoms with E-state index >= 15 is 0 Å². The first kappa shape index (κ1) is 27.5. The van der Waals surface area contributed by atoms with Gasteiger partial charge in [0.25, 0.3) is 0 Å². The van der Waals surface area contributed by atoms with Crippen molar-refractivity contribution in [2.45, 2.75) is 0 Å². The average Bonchev–Trinajstić information content (AvgIpc) is 3.81. The van der Waals surface area contributed by atoms with Gasteiger partial charge in [0, 0.05) is 22.1 Å². The van der Waals surface area contributed by atoms with Crippen molar-refractivity contribution in [2.24, 2.45) is 0 Å². The fourth-order valence-corrected chi connectivity index (χ4v) is 4.11. The molecule has 8 nitrogen and oxygen atoms in total. The third kappa shape index (κ3) is 7.55. The number of nitrogens with one attached hydrogen (secondary N) is 2. The molecular weight excluding hydrogens is 528 g/mol. The Morgan fingerprint density at radius 2 is 0.786 bits per heavy atom. The van der Waals surface area contributed by atoms with E-state index in [1.54, 1.807) is 60.7 Å². The summed E-state index contributed by atoms with van der Waals surface area (Å²) >= 11 is 0. The van der Waals surface area contributed by atoms with Crippen LogP contribution in [0.5, 0.6) is 0 Å². The van der Waals surface area contributed by atoms with E-state index in [4.69, 9.17) is 10.2 Å². The number of aromatic carboxylic acids is 2. The molecule has 2 aliphatic rings. The van der Waals surface area contributed by atoms with Crippen LogP contribution in [0.3, 0.4) is 0 Å². The lowest BCUT2D eigenvalue weighted by molar-refractivity contribution is 0.0686.